The third-order valence-corrected chi connectivity index (χ3v) is 2.32. The maximum absolute atomic E-state index is 13.2. The van der Waals surface area contributed by atoms with E-state index >= 15 is 0 Å². The number of alkyl halides is 11. The normalized spacial score (nSPS) is 14.8. The Morgan fingerprint density at radius 2 is 1.19 bits per heavy atom. The second-order valence-electron chi connectivity index (χ2n) is 4.59. The van der Waals surface area contributed by atoms with E-state index in [-0.39, 0.29) is 0 Å². The van der Waals surface area contributed by atoms with E-state index in [0.29, 0.717) is 6.92 Å². The Labute approximate surface area is 136 Å². The Balaban J connectivity index is 5.94. The Bertz CT molecular complexity index is 544. The maximum atomic E-state index is 13.2. The van der Waals surface area contributed by atoms with Crippen molar-refractivity contribution in [3.63, 3.8) is 0 Å². The van der Waals surface area contributed by atoms with Crippen LogP contribution in [0.25, 0.3) is 0 Å². The van der Waals surface area contributed by atoms with Gasteiger partial charge in [0, 0.05) is 5.57 Å². The number of esters is 2. The highest BCUT2D eigenvalue weighted by atomic mass is 19.4. The highest BCUT2D eigenvalue weighted by Gasteiger charge is 2.69. The van der Waals surface area contributed by atoms with Crippen molar-refractivity contribution in [3.05, 3.63) is 12.2 Å². The number of hydrogen-bond acceptors (Lipinski definition) is 4. The standard InChI is InChI=1S/C11H7F11O4/c1-3(2)5(23)25-4(8(12,13)11(20,21)22)6(24)26-7(9(14,15)16)10(17,18)19/h4,7H,1H2,2H3. The molecule has 0 aromatic rings. The molecule has 1 atom stereocenters. The van der Waals surface area contributed by atoms with Crippen LogP contribution in [0.4, 0.5) is 48.3 Å². The first-order valence-electron chi connectivity index (χ1n) is 5.87. The highest BCUT2D eigenvalue weighted by Crippen LogP contribution is 2.42. The van der Waals surface area contributed by atoms with Crippen LogP contribution in [0, 0.1) is 0 Å². The van der Waals surface area contributed by atoms with E-state index in [1.165, 1.54) is 0 Å². The summed E-state index contributed by atoms with van der Waals surface area (Å²) in [6.07, 6.45) is -29.0. The van der Waals surface area contributed by atoms with Crippen molar-refractivity contribution < 1.29 is 67.4 Å². The Hall–Kier alpha value is -2.09. The molecule has 15 heteroatoms. The molecule has 0 radical (unpaired) electrons. The van der Waals surface area contributed by atoms with Crippen LogP contribution in [0.2, 0.25) is 0 Å². The molecule has 26 heavy (non-hydrogen) atoms. The predicted molar refractivity (Wildman–Crippen MR) is 57.7 cm³/mol. The molecule has 152 valence electrons. The van der Waals surface area contributed by atoms with Crippen LogP contribution in [0.3, 0.4) is 0 Å². The fraction of sp³-hybridized carbons (Fsp3) is 0.636. The van der Waals surface area contributed by atoms with E-state index in [2.05, 4.69) is 16.1 Å². The van der Waals surface area contributed by atoms with Gasteiger partial charge in [0.1, 0.15) is 0 Å². The smallest absolute Gasteiger partial charge is 0.440 e. The molecule has 0 amide bonds. The summed E-state index contributed by atoms with van der Waals surface area (Å²) in [6, 6.07) is 0. The van der Waals surface area contributed by atoms with Crippen LogP contribution >= 0.6 is 0 Å². The van der Waals surface area contributed by atoms with Gasteiger partial charge in [0.15, 0.2) is 0 Å². The monoisotopic (exact) mass is 412 g/mol. The molecule has 0 aliphatic rings. The zero-order valence-electron chi connectivity index (χ0n) is 12.2. The zero-order valence-corrected chi connectivity index (χ0v) is 12.2. The van der Waals surface area contributed by atoms with Crippen LogP contribution in [0.15, 0.2) is 12.2 Å². The fourth-order valence-corrected chi connectivity index (χ4v) is 1.12. The number of halogens is 11. The molecule has 0 fully saturated rings. The molecule has 0 saturated heterocycles. The minimum absolute atomic E-state index is 0.685. The van der Waals surface area contributed by atoms with Gasteiger partial charge >= 0.3 is 36.4 Å². The molecule has 0 N–H and O–H groups in total. The quantitative estimate of drug-likeness (QED) is 0.393. The van der Waals surface area contributed by atoms with E-state index in [4.69, 9.17) is 0 Å². The van der Waals surface area contributed by atoms with Crippen molar-refractivity contribution >= 4 is 11.9 Å². The van der Waals surface area contributed by atoms with Crippen molar-refractivity contribution in [2.45, 2.75) is 43.6 Å². The largest absolute Gasteiger partial charge is 0.458 e. The lowest BCUT2D eigenvalue weighted by molar-refractivity contribution is -0.330. The lowest BCUT2D eigenvalue weighted by atomic mass is 10.1. The van der Waals surface area contributed by atoms with Crippen molar-refractivity contribution in [2.24, 2.45) is 0 Å². The second kappa shape index (κ2) is 7.26. The minimum Gasteiger partial charge on any atom is -0.440 e. The van der Waals surface area contributed by atoms with Gasteiger partial charge in [-0.2, -0.15) is 48.3 Å². The number of ether oxygens (including phenoxy) is 2. The topological polar surface area (TPSA) is 52.6 Å². The van der Waals surface area contributed by atoms with Gasteiger partial charge in [-0.25, -0.2) is 9.59 Å². The van der Waals surface area contributed by atoms with Crippen molar-refractivity contribution in [2.75, 3.05) is 0 Å². The Morgan fingerprint density at radius 3 is 1.46 bits per heavy atom. The summed E-state index contributed by atoms with van der Waals surface area (Å²) in [5, 5.41) is 0. The molecule has 4 nitrogen and oxygen atoms in total. The molecule has 0 rings (SSSR count). The first kappa shape index (κ1) is 23.9. The van der Waals surface area contributed by atoms with E-state index < -0.39 is 54.2 Å². The average molecular weight is 412 g/mol. The van der Waals surface area contributed by atoms with Crippen LogP contribution in [0.1, 0.15) is 6.92 Å². The van der Waals surface area contributed by atoms with Gasteiger partial charge in [-0.3, -0.25) is 0 Å². The summed E-state index contributed by atoms with van der Waals surface area (Å²) >= 11 is 0. The molecular weight excluding hydrogens is 405 g/mol. The summed E-state index contributed by atoms with van der Waals surface area (Å²) in [5.74, 6) is -11.9. The summed E-state index contributed by atoms with van der Waals surface area (Å²) in [7, 11) is 0. The number of rotatable bonds is 5. The molecule has 0 aliphatic heterocycles. The van der Waals surface area contributed by atoms with E-state index in [9.17, 15) is 57.9 Å². The first-order valence-corrected chi connectivity index (χ1v) is 5.87. The molecule has 0 spiro atoms. The van der Waals surface area contributed by atoms with Gasteiger partial charge in [0.25, 0.3) is 12.2 Å². The number of carbonyl (C=O) groups excluding carboxylic acids is 2. The third-order valence-electron chi connectivity index (χ3n) is 2.32. The second-order valence-corrected chi connectivity index (χ2v) is 4.59. The van der Waals surface area contributed by atoms with E-state index in [1.54, 1.807) is 0 Å². The van der Waals surface area contributed by atoms with Gasteiger partial charge in [0.05, 0.1) is 0 Å². The average Bonchev–Trinajstić information content (AvgIpc) is 2.37. The minimum atomic E-state index is -6.68. The zero-order chi connectivity index (χ0) is 21.3. The predicted octanol–water partition coefficient (Wildman–Crippen LogP) is 3.71. The van der Waals surface area contributed by atoms with Crippen LogP contribution in [-0.4, -0.2) is 48.6 Å². The van der Waals surface area contributed by atoms with Crippen molar-refractivity contribution in [1.29, 1.82) is 0 Å². The van der Waals surface area contributed by atoms with Gasteiger partial charge in [-0.15, -0.1) is 0 Å². The van der Waals surface area contributed by atoms with E-state index in [1.807, 2.05) is 0 Å². The maximum Gasteiger partial charge on any atom is 0.458 e. The molecule has 0 aromatic carbocycles. The Morgan fingerprint density at radius 1 is 0.808 bits per heavy atom. The summed E-state index contributed by atoms with van der Waals surface area (Å²) in [4.78, 5) is 22.2. The van der Waals surface area contributed by atoms with E-state index in [0.717, 1.165) is 0 Å². The van der Waals surface area contributed by atoms with Crippen LogP contribution < -0.4 is 0 Å². The number of hydrogen-bond donors (Lipinski definition) is 0. The molecule has 0 saturated carbocycles. The lowest BCUT2D eigenvalue weighted by Gasteiger charge is -2.29. The molecule has 0 heterocycles. The van der Waals surface area contributed by atoms with Gasteiger partial charge in [-0.1, -0.05) is 6.58 Å². The van der Waals surface area contributed by atoms with Gasteiger partial charge in [0.2, 0.25) is 0 Å². The molecule has 1 unspecified atom stereocenters. The molecule has 0 bridgehead atoms. The van der Waals surface area contributed by atoms with Gasteiger partial charge in [-0.05, 0) is 6.92 Å². The highest BCUT2D eigenvalue weighted by molar-refractivity contribution is 5.89. The number of carbonyl (C=O) groups is 2. The summed E-state index contributed by atoms with van der Waals surface area (Å²) in [6.45, 7) is 3.42. The Kier molecular flexibility index (Phi) is 6.68. The fourth-order valence-electron chi connectivity index (χ4n) is 1.12. The molecular formula is C11H7F11O4. The first-order chi connectivity index (χ1) is 11.2. The SMILES string of the molecule is C=C(C)C(=O)OC(C(=O)OC(C(F)(F)F)C(F)(F)F)C(F)(F)C(F)(F)F. The lowest BCUT2D eigenvalue weighted by Crippen LogP contribution is -2.56. The molecule has 0 aromatic heterocycles. The van der Waals surface area contributed by atoms with Crippen LogP contribution in [0.5, 0.6) is 0 Å². The van der Waals surface area contributed by atoms with Crippen molar-refractivity contribution in [3.8, 4) is 0 Å². The third kappa shape index (κ3) is 5.72. The molecule has 0 aliphatic carbocycles. The van der Waals surface area contributed by atoms with Gasteiger partial charge < -0.3 is 9.47 Å². The summed E-state index contributed by atoms with van der Waals surface area (Å²) in [5.41, 5.74) is -0.885. The summed E-state index contributed by atoms with van der Waals surface area (Å²) < 4.78 is 143. The van der Waals surface area contributed by atoms with Crippen LogP contribution in [-0.2, 0) is 19.1 Å². The van der Waals surface area contributed by atoms with Crippen molar-refractivity contribution in [1.82, 2.24) is 0 Å².